The van der Waals surface area contributed by atoms with Crippen LogP contribution in [0.3, 0.4) is 0 Å². The third-order valence-electron chi connectivity index (χ3n) is 10.7. The van der Waals surface area contributed by atoms with Crippen LogP contribution in [0.4, 0.5) is 37.8 Å². The Morgan fingerprint density at radius 3 is 2.65 bits per heavy atom. The standard InChI is InChI=1S/C34H37ClF6N6O/c1-15-10-22-21-6-5-18(43-21)12-47(22)31-25-23(15)27(35)24(19-11-17(42)9-16(2)26(19)34(39,40)41)28(36)29(25)44-32(45-31)48-14-33(3)13-46(4)8-7-20(33)30(37)38/h9,11,18,20-22,30,43H,1,5-8,10,12-14,42H2,2-4H3/t18-,20-,21?,22-,33+/m1/s1. The number of nitrogen functional groups attached to an aromatic ring is 1. The van der Waals surface area contributed by atoms with Crippen LogP contribution in [0.5, 0.6) is 6.01 Å². The summed E-state index contributed by atoms with van der Waals surface area (Å²) in [7, 11) is 1.85. The van der Waals surface area contributed by atoms with Gasteiger partial charge in [-0.25, -0.2) is 13.2 Å². The van der Waals surface area contributed by atoms with Crippen LogP contribution in [0.25, 0.3) is 27.6 Å². The number of benzene rings is 2. The van der Waals surface area contributed by atoms with E-state index < -0.39 is 46.4 Å². The summed E-state index contributed by atoms with van der Waals surface area (Å²) in [4.78, 5) is 13.2. The molecular formula is C34H37ClF6N6O. The zero-order valence-corrected chi connectivity index (χ0v) is 27.6. The molecule has 5 heterocycles. The van der Waals surface area contributed by atoms with Crippen molar-refractivity contribution in [1.29, 1.82) is 0 Å². The molecule has 3 fully saturated rings. The summed E-state index contributed by atoms with van der Waals surface area (Å²) in [5, 5.41) is 3.61. The summed E-state index contributed by atoms with van der Waals surface area (Å²) in [5.74, 6) is -1.72. The average Bonchev–Trinajstić information content (AvgIpc) is 3.32. The van der Waals surface area contributed by atoms with Crippen LogP contribution in [-0.4, -0.2) is 72.7 Å². The number of piperidine rings is 1. The first-order chi connectivity index (χ1) is 22.6. The van der Waals surface area contributed by atoms with Crippen LogP contribution in [-0.2, 0) is 6.18 Å². The summed E-state index contributed by atoms with van der Waals surface area (Å²) < 4.78 is 95.2. The van der Waals surface area contributed by atoms with Crippen molar-refractivity contribution in [3.63, 3.8) is 0 Å². The van der Waals surface area contributed by atoms with Gasteiger partial charge in [0.15, 0.2) is 5.82 Å². The highest BCUT2D eigenvalue weighted by molar-refractivity contribution is 6.37. The molecule has 1 aromatic heterocycles. The molecule has 7 nitrogen and oxygen atoms in total. The highest BCUT2D eigenvalue weighted by Gasteiger charge is 2.47. The quantitative estimate of drug-likeness (QED) is 0.214. The predicted molar refractivity (Wildman–Crippen MR) is 174 cm³/mol. The number of fused-ring (bicyclic) bond motifs is 5. The number of likely N-dealkylation sites (tertiary alicyclic amines) is 1. The molecule has 0 spiro atoms. The van der Waals surface area contributed by atoms with Crippen LogP contribution >= 0.6 is 11.6 Å². The van der Waals surface area contributed by atoms with Crippen molar-refractivity contribution >= 4 is 39.6 Å². The van der Waals surface area contributed by atoms with Crippen molar-refractivity contribution in [3.8, 4) is 17.1 Å². The number of anilines is 2. The second kappa shape index (κ2) is 11.7. The van der Waals surface area contributed by atoms with Crippen LogP contribution in [0.15, 0.2) is 18.7 Å². The van der Waals surface area contributed by atoms with Gasteiger partial charge in [-0.05, 0) is 69.5 Å². The number of hydrogen-bond donors (Lipinski definition) is 2. The highest BCUT2D eigenvalue weighted by Crippen LogP contribution is 2.52. The van der Waals surface area contributed by atoms with Crippen LogP contribution in [0, 0.1) is 24.1 Å². The van der Waals surface area contributed by atoms with E-state index in [1.54, 1.807) is 6.92 Å². The zero-order valence-electron chi connectivity index (χ0n) is 26.8. The van der Waals surface area contributed by atoms with Crippen molar-refractivity contribution in [3.05, 3.63) is 46.2 Å². The molecule has 0 aliphatic carbocycles. The van der Waals surface area contributed by atoms with E-state index in [1.165, 1.54) is 13.0 Å². The minimum atomic E-state index is -4.86. The summed E-state index contributed by atoms with van der Waals surface area (Å²) in [6.45, 7) is 8.47. The Balaban J connectivity index is 1.46. The number of rotatable bonds is 5. The number of piperazine rings is 1. The fourth-order valence-corrected chi connectivity index (χ4v) is 8.98. The number of alkyl halides is 5. The Hall–Kier alpha value is -3.29. The van der Waals surface area contributed by atoms with Gasteiger partial charge >= 0.3 is 12.2 Å². The van der Waals surface area contributed by atoms with Crippen LogP contribution < -0.4 is 20.7 Å². The molecule has 3 aromatic rings. The molecule has 0 amide bonds. The Labute approximate surface area is 279 Å². The molecule has 0 radical (unpaired) electrons. The first-order valence-corrected chi connectivity index (χ1v) is 16.5. The van der Waals surface area contributed by atoms with Gasteiger partial charge in [0, 0.05) is 64.9 Å². The number of halogens is 7. The second-order valence-electron chi connectivity index (χ2n) is 14.2. The maximum absolute atomic E-state index is 17.1. The van der Waals surface area contributed by atoms with E-state index in [0.717, 1.165) is 18.9 Å². The SMILES string of the molecule is C=C1C[C@@H]2C3CC[C@H](CN2c2nc(OC[C@]4(C)CN(C)CC[C@@H]4C(F)F)nc4c(F)c(-c5cc(N)cc(C)c5C(F)(F)F)c(Cl)c1c24)N3. The number of nitrogens with zero attached hydrogens (tertiary/aromatic N) is 4. The third-order valence-corrected chi connectivity index (χ3v) is 11.1. The molecule has 7 rings (SSSR count). The molecule has 258 valence electrons. The molecule has 4 aliphatic rings. The Bertz CT molecular complexity index is 1820. The van der Waals surface area contributed by atoms with Gasteiger partial charge in [-0.2, -0.15) is 23.1 Å². The van der Waals surface area contributed by atoms with Crippen molar-refractivity contribution in [2.45, 2.75) is 70.3 Å². The van der Waals surface area contributed by atoms with Gasteiger partial charge in [0.05, 0.1) is 22.6 Å². The lowest BCUT2D eigenvalue weighted by molar-refractivity contribution is -0.137. The van der Waals surface area contributed by atoms with Crippen LogP contribution in [0.2, 0.25) is 5.02 Å². The van der Waals surface area contributed by atoms with E-state index in [4.69, 9.17) is 27.1 Å². The molecule has 3 saturated heterocycles. The molecule has 3 N–H and O–H groups in total. The molecule has 2 bridgehead atoms. The van der Waals surface area contributed by atoms with E-state index in [0.29, 0.717) is 37.4 Å². The zero-order chi connectivity index (χ0) is 34.4. The molecule has 4 aliphatic heterocycles. The molecule has 5 atom stereocenters. The van der Waals surface area contributed by atoms with Crippen molar-refractivity contribution in [1.82, 2.24) is 20.2 Å². The van der Waals surface area contributed by atoms with E-state index in [-0.39, 0.29) is 69.9 Å². The molecule has 14 heteroatoms. The first-order valence-electron chi connectivity index (χ1n) is 16.1. The monoisotopic (exact) mass is 694 g/mol. The first kappa shape index (κ1) is 33.2. The lowest BCUT2D eigenvalue weighted by atomic mass is 9.73. The topological polar surface area (TPSA) is 79.5 Å². The Morgan fingerprint density at radius 1 is 1.19 bits per heavy atom. The maximum atomic E-state index is 17.1. The lowest BCUT2D eigenvalue weighted by Crippen LogP contribution is -2.58. The normalized spacial score (nSPS) is 27.5. The fourth-order valence-electron chi connectivity index (χ4n) is 8.57. The van der Waals surface area contributed by atoms with Gasteiger partial charge in [-0.1, -0.05) is 25.1 Å². The van der Waals surface area contributed by atoms with Crippen molar-refractivity contribution in [2.75, 3.05) is 43.9 Å². The summed E-state index contributed by atoms with van der Waals surface area (Å²) >= 11 is 6.98. The minimum Gasteiger partial charge on any atom is -0.463 e. The van der Waals surface area contributed by atoms with Gasteiger partial charge in [-0.3, -0.25) is 0 Å². The number of nitrogens with two attached hydrogens (primary N) is 1. The van der Waals surface area contributed by atoms with Crippen molar-refractivity contribution < 1.29 is 31.1 Å². The summed E-state index contributed by atoms with van der Waals surface area (Å²) in [6.07, 6.45) is -4.96. The maximum Gasteiger partial charge on any atom is 0.417 e. The van der Waals surface area contributed by atoms with Gasteiger partial charge in [0.2, 0.25) is 6.43 Å². The van der Waals surface area contributed by atoms with Gasteiger partial charge in [0.1, 0.15) is 11.3 Å². The molecule has 0 saturated carbocycles. The number of ether oxygens (including phenoxy) is 1. The Morgan fingerprint density at radius 2 is 1.94 bits per heavy atom. The van der Waals surface area contributed by atoms with Gasteiger partial charge in [-0.15, -0.1) is 0 Å². The Kier molecular flexibility index (Phi) is 8.07. The van der Waals surface area contributed by atoms with E-state index in [2.05, 4.69) is 21.8 Å². The number of hydrogen-bond acceptors (Lipinski definition) is 7. The molecule has 1 unspecified atom stereocenters. The smallest absolute Gasteiger partial charge is 0.417 e. The number of nitrogens with one attached hydrogen (secondary N) is 1. The predicted octanol–water partition coefficient (Wildman–Crippen LogP) is 7.33. The van der Waals surface area contributed by atoms with Gasteiger partial charge < -0.3 is 25.6 Å². The van der Waals surface area contributed by atoms with Gasteiger partial charge in [0.25, 0.3) is 0 Å². The van der Waals surface area contributed by atoms with E-state index in [9.17, 15) is 22.0 Å². The highest BCUT2D eigenvalue weighted by atomic mass is 35.5. The van der Waals surface area contributed by atoms with Crippen molar-refractivity contribution in [2.24, 2.45) is 11.3 Å². The largest absolute Gasteiger partial charge is 0.463 e. The third kappa shape index (κ3) is 5.36. The molecular weight excluding hydrogens is 658 g/mol. The lowest BCUT2D eigenvalue weighted by Gasteiger charge is -2.44. The number of aryl methyl sites for hydroxylation is 1. The summed E-state index contributed by atoms with van der Waals surface area (Å²) in [6, 6.07) is 2.02. The molecule has 48 heavy (non-hydrogen) atoms. The minimum absolute atomic E-state index is 0.00154. The van der Waals surface area contributed by atoms with E-state index in [1.807, 2.05) is 11.9 Å². The van der Waals surface area contributed by atoms with E-state index >= 15 is 4.39 Å². The second-order valence-corrected chi connectivity index (χ2v) is 14.6. The number of aromatic nitrogens is 2. The molecule has 2 aromatic carbocycles. The van der Waals surface area contributed by atoms with Crippen LogP contribution in [0.1, 0.15) is 49.3 Å². The fraction of sp³-hybridized carbons (Fsp3) is 0.529. The summed E-state index contributed by atoms with van der Waals surface area (Å²) in [5.41, 5.74) is 3.25. The average molecular weight is 695 g/mol.